The van der Waals surface area contributed by atoms with Crippen molar-refractivity contribution in [1.82, 2.24) is 18.9 Å². The smallest absolute Gasteiger partial charge is 0.244 e. The second kappa shape index (κ2) is 9.81. The number of fused-ring (bicyclic) bond motifs is 1. The van der Waals surface area contributed by atoms with Gasteiger partial charge in [-0.15, -0.1) is 0 Å². The Labute approximate surface area is 233 Å². The largest absolute Gasteiger partial charge is 0.368 e. The Kier molecular flexibility index (Phi) is 6.27. The van der Waals surface area contributed by atoms with Crippen molar-refractivity contribution in [1.29, 1.82) is 0 Å². The average Bonchev–Trinajstić information content (AvgIpc) is 3.55. The lowest BCUT2D eigenvalue weighted by molar-refractivity contribution is 0.580. The number of benzene rings is 4. The average molecular weight is 548 g/mol. The lowest BCUT2D eigenvalue weighted by Crippen LogP contribution is -2.23. The molecule has 0 aliphatic heterocycles. The van der Waals surface area contributed by atoms with Crippen LogP contribution < -0.4 is 5.73 Å². The van der Waals surface area contributed by atoms with E-state index < -0.39 is 15.3 Å². The first-order valence-electron chi connectivity index (χ1n) is 13.1. The molecular weight excluding hydrogens is 518 g/mol. The van der Waals surface area contributed by atoms with E-state index in [-0.39, 0.29) is 5.95 Å². The van der Waals surface area contributed by atoms with Crippen molar-refractivity contribution in [3.05, 3.63) is 103 Å². The second-order valence-electron chi connectivity index (χ2n) is 10.1. The number of anilines is 1. The quantitative estimate of drug-likeness (QED) is 0.236. The van der Waals surface area contributed by atoms with Gasteiger partial charge in [-0.25, -0.2) is 22.4 Å². The number of aryl methyl sites for hydroxylation is 1. The number of aromatic amines is 1. The predicted molar refractivity (Wildman–Crippen MR) is 162 cm³/mol. The van der Waals surface area contributed by atoms with Crippen molar-refractivity contribution >= 4 is 27.0 Å². The van der Waals surface area contributed by atoms with Crippen LogP contribution in [0.4, 0.5) is 5.95 Å². The molecule has 6 rings (SSSR count). The predicted octanol–water partition coefficient (Wildman–Crippen LogP) is 6.90. The maximum atomic E-state index is 13.2. The number of imidazole rings is 2. The fraction of sp³-hybridized carbons (Fsp3) is 0.125. The number of nitrogen functional groups attached to an aromatic ring is 1. The molecule has 0 spiro atoms. The van der Waals surface area contributed by atoms with Gasteiger partial charge in [0, 0.05) is 16.7 Å². The van der Waals surface area contributed by atoms with Gasteiger partial charge in [0.25, 0.3) is 0 Å². The highest BCUT2D eigenvalue weighted by Gasteiger charge is 2.25. The second-order valence-corrected chi connectivity index (χ2v) is 12.5. The Balaban J connectivity index is 1.58. The third kappa shape index (κ3) is 4.36. The van der Waals surface area contributed by atoms with Gasteiger partial charge in [0.05, 0.1) is 27.7 Å². The first-order chi connectivity index (χ1) is 19.2. The number of H-pyrrole nitrogens is 1. The van der Waals surface area contributed by atoms with Crippen molar-refractivity contribution in [3.63, 3.8) is 0 Å². The Morgan fingerprint density at radius 3 is 2.12 bits per heavy atom. The van der Waals surface area contributed by atoms with Crippen LogP contribution in [0.15, 0.2) is 97.1 Å². The summed E-state index contributed by atoms with van der Waals surface area (Å²) in [6.07, 6.45) is 0. The Hall–Kier alpha value is -4.69. The Morgan fingerprint density at radius 1 is 0.775 bits per heavy atom. The van der Waals surface area contributed by atoms with Crippen LogP contribution in [-0.4, -0.2) is 32.6 Å². The first kappa shape index (κ1) is 25.6. The zero-order valence-electron chi connectivity index (χ0n) is 22.5. The number of aromatic nitrogens is 4. The van der Waals surface area contributed by atoms with Gasteiger partial charge in [0.15, 0.2) is 0 Å². The molecule has 3 N–H and O–H groups in total. The standard InChI is InChI=1S/C32H29N5O2S/c1-20(2)40(38,39)37-28-19-24(17-18-27(28)34-32(37)33)30-29(23-9-5-4-6-10-23)35-31(36-30)26-12-8-7-11-25(26)22-15-13-21(3)14-16-22/h4-20H,1-3H3,(H2,33,34)(H,35,36). The van der Waals surface area contributed by atoms with E-state index in [1.54, 1.807) is 26.0 Å². The van der Waals surface area contributed by atoms with Crippen LogP contribution in [0.5, 0.6) is 0 Å². The summed E-state index contributed by atoms with van der Waals surface area (Å²) in [5.41, 5.74) is 14.6. The fourth-order valence-electron chi connectivity index (χ4n) is 4.90. The third-order valence-electron chi connectivity index (χ3n) is 7.07. The summed E-state index contributed by atoms with van der Waals surface area (Å²) in [7, 11) is -3.73. The molecule has 0 atom stereocenters. The maximum absolute atomic E-state index is 13.2. The molecule has 0 saturated carbocycles. The van der Waals surface area contributed by atoms with Gasteiger partial charge >= 0.3 is 0 Å². The topological polar surface area (TPSA) is 107 Å². The van der Waals surface area contributed by atoms with Crippen molar-refractivity contribution in [3.8, 4) is 45.0 Å². The maximum Gasteiger partial charge on any atom is 0.244 e. The fourth-order valence-corrected chi connectivity index (χ4v) is 6.04. The van der Waals surface area contributed by atoms with E-state index in [4.69, 9.17) is 10.7 Å². The first-order valence-corrected chi connectivity index (χ1v) is 14.6. The number of nitrogens with zero attached hydrogens (tertiary/aromatic N) is 3. The molecule has 0 unspecified atom stereocenters. The Morgan fingerprint density at radius 2 is 1.43 bits per heavy atom. The van der Waals surface area contributed by atoms with Gasteiger partial charge in [-0.1, -0.05) is 90.5 Å². The van der Waals surface area contributed by atoms with Gasteiger partial charge in [0.2, 0.25) is 16.0 Å². The minimum atomic E-state index is -3.73. The van der Waals surface area contributed by atoms with Crippen molar-refractivity contribution < 1.29 is 8.42 Å². The van der Waals surface area contributed by atoms with Crippen molar-refractivity contribution in [2.75, 3.05) is 5.73 Å². The summed E-state index contributed by atoms with van der Waals surface area (Å²) < 4.78 is 27.5. The van der Waals surface area contributed by atoms with Gasteiger partial charge < -0.3 is 10.7 Å². The van der Waals surface area contributed by atoms with E-state index in [9.17, 15) is 8.42 Å². The van der Waals surface area contributed by atoms with E-state index >= 15 is 0 Å². The molecule has 0 bridgehead atoms. The molecule has 0 saturated heterocycles. The zero-order chi connectivity index (χ0) is 28.0. The van der Waals surface area contributed by atoms with E-state index in [2.05, 4.69) is 53.3 Å². The van der Waals surface area contributed by atoms with E-state index in [0.717, 1.165) is 37.5 Å². The van der Waals surface area contributed by atoms with Gasteiger partial charge in [-0.3, -0.25) is 0 Å². The third-order valence-corrected chi connectivity index (χ3v) is 9.16. The molecule has 40 heavy (non-hydrogen) atoms. The monoisotopic (exact) mass is 547 g/mol. The molecule has 6 aromatic rings. The van der Waals surface area contributed by atoms with Crippen LogP contribution in [0, 0.1) is 6.92 Å². The molecule has 2 heterocycles. The van der Waals surface area contributed by atoms with E-state index in [0.29, 0.717) is 22.6 Å². The molecule has 0 aliphatic rings. The highest BCUT2D eigenvalue weighted by atomic mass is 32.2. The lowest BCUT2D eigenvalue weighted by atomic mass is 9.98. The zero-order valence-corrected chi connectivity index (χ0v) is 23.3. The summed E-state index contributed by atoms with van der Waals surface area (Å²) in [5, 5.41) is -0.661. The van der Waals surface area contributed by atoms with Crippen LogP contribution in [0.3, 0.4) is 0 Å². The van der Waals surface area contributed by atoms with Crippen LogP contribution in [0.2, 0.25) is 0 Å². The number of rotatable bonds is 6. The molecule has 2 aromatic heterocycles. The Bertz CT molecular complexity index is 1950. The molecule has 0 aliphatic carbocycles. The molecular formula is C32H29N5O2S. The normalized spacial score (nSPS) is 11.9. The van der Waals surface area contributed by atoms with Crippen molar-refractivity contribution in [2.24, 2.45) is 0 Å². The van der Waals surface area contributed by atoms with Gasteiger partial charge in [0.1, 0.15) is 5.82 Å². The minimum Gasteiger partial charge on any atom is -0.368 e. The molecule has 0 radical (unpaired) electrons. The van der Waals surface area contributed by atoms with E-state index in [1.807, 2.05) is 48.5 Å². The summed E-state index contributed by atoms with van der Waals surface area (Å²) in [6, 6.07) is 32.1. The summed E-state index contributed by atoms with van der Waals surface area (Å²) in [5.74, 6) is 0.659. The summed E-state index contributed by atoms with van der Waals surface area (Å²) in [6.45, 7) is 5.33. The van der Waals surface area contributed by atoms with Crippen LogP contribution in [0.1, 0.15) is 19.4 Å². The molecule has 7 nitrogen and oxygen atoms in total. The van der Waals surface area contributed by atoms with E-state index in [1.165, 1.54) is 5.56 Å². The van der Waals surface area contributed by atoms with Gasteiger partial charge in [-0.05, 0) is 44.0 Å². The van der Waals surface area contributed by atoms with Crippen LogP contribution >= 0.6 is 0 Å². The SMILES string of the molecule is Cc1ccc(-c2ccccc2-c2nc(-c3ccc4nc(N)n(S(=O)(=O)C(C)C)c4c3)c(-c3ccccc3)[nH]2)cc1. The number of hydrogen-bond acceptors (Lipinski definition) is 5. The lowest BCUT2D eigenvalue weighted by Gasteiger charge is -2.11. The highest BCUT2D eigenvalue weighted by molar-refractivity contribution is 7.90. The number of nitrogens with two attached hydrogens (primary N) is 1. The number of nitrogens with one attached hydrogen (secondary N) is 1. The van der Waals surface area contributed by atoms with Crippen molar-refractivity contribution in [2.45, 2.75) is 26.0 Å². The summed E-state index contributed by atoms with van der Waals surface area (Å²) in [4.78, 5) is 13.0. The molecule has 8 heteroatoms. The summed E-state index contributed by atoms with van der Waals surface area (Å²) >= 11 is 0. The molecule has 200 valence electrons. The molecule has 0 fully saturated rings. The van der Waals surface area contributed by atoms with Crippen LogP contribution in [0.25, 0.3) is 56.1 Å². The molecule has 0 amide bonds. The number of hydrogen-bond donors (Lipinski definition) is 2. The van der Waals surface area contributed by atoms with Gasteiger partial charge in [-0.2, -0.15) is 0 Å². The molecule has 4 aromatic carbocycles. The highest BCUT2D eigenvalue weighted by Crippen LogP contribution is 2.38. The van der Waals surface area contributed by atoms with Crippen LogP contribution in [-0.2, 0) is 10.0 Å². The minimum absolute atomic E-state index is 0.0566.